The molecule has 0 aromatic heterocycles. The van der Waals surface area contributed by atoms with Gasteiger partial charge in [0.05, 0.1) is 29.7 Å². The fourth-order valence-electron chi connectivity index (χ4n) is 3.35. The molecule has 2 aliphatic rings. The third kappa shape index (κ3) is 5.44. The zero-order valence-corrected chi connectivity index (χ0v) is 17.1. The number of non-ortho nitro benzene ring substituents is 1. The minimum absolute atomic E-state index is 0. The van der Waals surface area contributed by atoms with E-state index in [1.807, 2.05) is 6.92 Å². The van der Waals surface area contributed by atoms with Crippen LogP contribution in [0.15, 0.2) is 29.3 Å². The molecular formula is C17H26IN5O3. The van der Waals surface area contributed by atoms with Gasteiger partial charge in [-0.3, -0.25) is 15.1 Å². The van der Waals surface area contributed by atoms with Gasteiger partial charge in [0.25, 0.3) is 5.69 Å². The van der Waals surface area contributed by atoms with E-state index in [1.54, 1.807) is 12.1 Å². The van der Waals surface area contributed by atoms with Gasteiger partial charge >= 0.3 is 0 Å². The fraction of sp³-hybridized carbons (Fsp3) is 0.588. The van der Waals surface area contributed by atoms with Crippen molar-refractivity contribution in [3.8, 4) is 0 Å². The van der Waals surface area contributed by atoms with Crippen molar-refractivity contribution in [3.05, 3.63) is 34.4 Å². The highest BCUT2D eigenvalue weighted by molar-refractivity contribution is 14.0. The molecule has 0 radical (unpaired) electrons. The molecule has 3 rings (SSSR count). The Morgan fingerprint density at radius 1 is 1.35 bits per heavy atom. The topological polar surface area (TPSA) is 101 Å². The van der Waals surface area contributed by atoms with Gasteiger partial charge < -0.3 is 20.7 Å². The first-order chi connectivity index (χ1) is 12.2. The minimum Gasteiger partial charge on any atom is -0.383 e. The quantitative estimate of drug-likeness (QED) is 0.140. The van der Waals surface area contributed by atoms with Gasteiger partial charge in [0.2, 0.25) is 0 Å². The summed E-state index contributed by atoms with van der Waals surface area (Å²) in [6.45, 7) is 4.11. The van der Waals surface area contributed by atoms with Crippen LogP contribution < -0.4 is 16.0 Å². The molecule has 144 valence electrons. The summed E-state index contributed by atoms with van der Waals surface area (Å²) >= 11 is 0. The van der Waals surface area contributed by atoms with Gasteiger partial charge in [-0.15, -0.1) is 24.0 Å². The first kappa shape index (κ1) is 20.7. The number of nitro groups is 1. The van der Waals surface area contributed by atoms with Crippen LogP contribution in [0.2, 0.25) is 0 Å². The highest BCUT2D eigenvalue weighted by atomic mass is 127. The predicted molar refractivity (Wildman–Crippen MR) is 112 cm³/mol. The van der Waals surface area contributed by atoms with Crippen LogP contribution >= 0.6 is 24.0 Å². The largest absolute Gasteiger partial charge is 0.383 e. The highest BCUT2D eigenvalue weighted by Gasteiger charge is 2.41. The number of aliphatic imine (C=N–C) groups is 1. The monoisotopic (exact) mass is 475 g/mol. The number of nitrogens with one attached hydrogen (secondary N) is 3. The van der Waals surface area contributed by atoms with Crippen LogP contribution in [0, 0.1) is 10.1 Å². The lowest BCUT2D eigenvalue weighted by atomic mass is 9.96. The molecular weight excluding hydrogens is 449 g/mol. The van der Waals surface area contributed by atoms with E-state index in [9.17, 15) is 10.1 Å². The third-order valence-corrected chi connectivity index (χ3v) is 4.56. The second-order valence-corrected chi connectivity index (χ2v) is 6.35. The Labute approximate surface area is 170 Å². The summed E-state index contributed by atoms with van der Waals surface area (Å²) in [4.78, 5) is 14.8. The van der Waals surface area contributed by atoms with Crippen molar-refractivity contribution in [2.24, 2.45) is 4.99 Å². The van der Waals surface area contributed by atoms with E-state index in [2.05, 4.69) is 20.9 Å². The molecule has 0 amide bonds. The summed E-state index contributed by atoms with van der Waals surface area (Å²) in [6, 6.07) is 6.74. The lowest BCUT2D eigenvalue weighted by Crippen LogP contribution is -2.47. The molecule has 2 bridgehead atoms. The molecule has 26 heavy (non-hydrogen) atoms. The third-order valence-electron chi connectivity index (χ3n) is 4.56. The van der Waals surface area contributed by atoms with Gasteiger partial charge in [0, 0.05) is 30.9 Å². The van der Waals surface area contributed by atoms with Crippen molar-refractivity contribution >= 4 is 41.3 Å². The van der Waals surface area contributed by atoms with E-state index in [4.69, 9.17) is 4.74 Å². The summed E-state index contributed by atoms with van der Waals surface area (Å²) in [7, 11) is 0. The van der Waals surface area contributed by atoms with E-state index in [0.29, 0.717) is 31.3 Å². The molecule has 9 heteroatoms. The first-order valence-corrected chi connectivity index (χ1v) is 8.84. The van der Waals surface area contributed by atoms with Crippen molar-refractivity contribution in [2.45, 2.75) is 44.4 Å². The summed E-state index contributed by atoms with van der Waals surface area (Å²) < 4.78 is 5.87. The lowest BCUT2D eigenvalue weighted by Gasteiger charge is -2.22. The maximum absolute atomic E-state index is 10.6. The van der Waals surface area contributed by atoms with Crippen LogP contribution in [0.5, 0.6) is 0 Å². The molecule has 0 aliphatic carbocycles. The Morgan fingerprint density at radius 2 is 2.12 bits per heavy atom. The smallest absolute Gasteiger partial charge is 0.269 e. The molecule has 1 aromatic carbocycles. The fourth-order valence-corrected chi connectivity index (χ4v) is 3.35. The van der Waals surface area contributed by atoms with E-state index in [0.717, 1.165) is 31.0 Å². The van der Waals surface area contributed by atoms with Crippen LogP contribution in [0.1, 0.15) is 26.2 Å². The van der Waals surface area contributed by atoms with Crippen LogP contribution in [0.3, 0.4) is 0 Å². The van der Waals surface area contributed by atoms with Crippen LogP contribution in [0.25, 0.3) is 0 Å². The second kappa shape index (κ2) is 9.91. The number of ether oxygens (including phenoxy) is 1. The van der Waals surface area contributed by atoms with Crippen LogP contribution in [0.4, 0.5) is 11.4 Å². The van der Waals surface area contributed by atoms with Crippen molar-refractivity contribution < 1.29 is 9.66 Å². The molecule has 3 unspecified atom stereocenters. The first-order valence-electron chi connectivity index (χ1n) is 8.84. The number of rotatable bonds is 7. The normalized spacial score (nSPS) is 24.0. The standard InChI is InChI=1S/C17H25N5O3.HI/c1-2-18-17(21-15-11-14-7-8-16(15)25-14)20-10-9-19-12-3-5-13(6-4-12)22(23)24;/h3-6,14-16,19H,2,7-11H2,1H3,(H2,18,20,21);1H. The SMILES string of the molecule is CCNC(=NCCNc1ccc([N+](=O)[O-])cc1)NC1CC2CCC1O2.I. The maximum Gasteiger partial charge on any atom is 0.269 e. The molecule has 0 spiro atoms. The predicted octanol–water partition coefficient (Wildman–Crippen LogP) is 2.50. The molecule has 3 N–H and O–H groups in total. The average Bonchev–Trinajstić information content (AvgIpc) is 3.22. The molecule has 2 fully saturated rings. The van der Waals surface area contributed by atoms with E-state index < -0.39 is 4.92 Å². The Balaban J connectivity index is 0.00000243. The Morgan fingerprint density at radius 3 is 2.69 bits per heavy atom. The molecule has 3 atom stereocenters. The van der Waals surface area contributed by atoms with Gasteiger partial charge in [-0.2, -0.15) is 0 Å². The second-order valence-electron chi connectivity index (χ2n) is 6.35. The summed E-state index contributed by atoms with van der Waals surface area (Å²) in [6.07, 6.45) is 4.08. The Bertz CT molecular complexity index is 625. The highest BCUT2D eigenvalue weighted by Crippen LogP contribution is 2.34. The number of halogens is 1. The minimum atomic E-state index is -0.401. The average molecular weight is 475 g/mol. The molecule has 0 saturated carbocycles. The van der Waals surface area contributed by atoms with Gasteiger partial charge in [0.15, 0.2) is 5.96 Å². The number of hydrogen-bond donors (Lipinski definition) is 3. The van der Waals surface area contributed by atoms with Crippen molar-refractivity contribution in [2.75, 3.05) is 25.0 Å². The summed E-state index contributed by atoms with van der Waals surface area (Å²) in [5, 5.41) is 20.6. The zero-order chi connectivity index (χ0) is 17.6. The number of nitro benzene ring substituents is 1. The number of benzene rings is 1. The molecule has 1 aromatic rings. The molecule has 2 saturated heterocycles. The van der Waals surface area contributed by atoms with Gasteiger partial charge in [-0.1, -0.05) is 0 Å². The number of fused-ring (bicyclic) bond motifs is 2. The number of hydrogen-bond acceptors (Lipinski definition) is 5. The van der Waals surface area contributed by atoms with Crippen molar-refractivity contribution in [1.82, 2.24) is 10.6 Å². The van der Waals surface area contributed by atoms with E-state index in [-0.39, 0.29) is 29.7 Å². The molecule has 2 aliphatic heterocycles. The van der Waals surface area contributed by atoms with Crippen LogP contribution in [-0.4, -0.2) is 48.8 Å². The molecule has 2 heterocycles. The zero-order valence-electron chi connectivity index (χ0n) is 14.8. The Kier molecular flexibility index (Phi) is 7.88. The number of nitrogens with zero attached hydrogens (tertiary/aromatic N) is 2. The van der Waals surface area contributed by atoms with Gasteiger partial charge in [0.1, 0.15) is 0 Å². The van der Waals surface area contributed by atoms with Crippen molar-refractivity contribution in [3.63, 3.8) is 0 Å². The maximum atomic E-state index is 10.6. The number of guanidine groups is 1. The number of anilines is 1. The van der Waals surface area contributed by atoms with Crippen LogP contribution in [-0.2, 0) is 4.74 Å². The van der Waals surface area contributed by atoms with Gasteiger partial charge in [-0.05, 0) is 38.3 Å². The van der Waals surface area contributed by atoms with E-state index >= 15 is 0 Å². The summed E-state index contributed by atoms with van der Waals surface area (Å²) in [5.74, 6) is 0.814. The molecule has 8 nitrogen and oxygen atoms in total. The lowest BCUT2D eigenvalue weighted by molar-refractivity contribution is -0.384. The van der Waals surface area contributed by atoms with E-state index in [1.165, 1.54) is 18.6 Å². The summed E-state index contributed by atoms with van der Waals surface area (Å²) in [5.41, 5.74) is 0.940. The Hall–Kier alpha value is -1.62. The van der Waals surface area contributed by atoms with Gasteiger partial charge in [-0.25, -0.2) is 0 Å². The van der Waals surface area contributed by atoms with Crippen molar-refractivity contribution in [1.29, 1.82) is 0 Å².